The molecule has 5 heteroatoms. The van der Waals surface area contributed by atoms with Crippen LogP contribution in [0.3, 0.4) is 0 Å². The average Bonchev–Trinajstić information content (AvgIpc) is 2.30. The Bertz CT molecular complexity index is 414. The van der Waals surface area contributed by atoms with Gasteiger partial charge in [-0.2, -0.15) is 0 Å². The summed E-state index contributed by atoms with van der Waals surface area (Å²) >= 11 is 5.66. The zero-order valence-electron chi connectivity index (χ0n) is 9.24. The summed E-state index contributed by atoms with van der Waals surface area (Å²) in [4.78, 5) is 0. The molecule has 0 fully saturated rings. The van der Waals surface area contributed by atoms with E-state index in [4.69, 9.17) is 11.6 Å². The van der Waals surface area contributed by atoms with Crippen LogP contribution in [0.1, 0.15) is 12.5 Å². The molecule has 0 saturated heterocycles. The quantitative estimate of drug-likeness (QED) is 0.799. The lowest BCUT2D eigenvalue weighted by Crippen LogP contribution is -2.17. The van der Waals surface area contributed by atoms with Crippen LogP contribution in [0.4, 0.5) is 5.69 Å². The molecular formula is C11H16ClNO2S. The molecule has 0 bridgehead atoms. The molecule has 1 N–H and O–H groups in total. The number of hydrogen-bond acceptors (Lipinski definition) is 3. The first-order chi connectivity index (χ1) is 7.57. The summed E-state index contributed by atoms with van der Waals surface area (Å²) in [7, 11) is -2.89. The molecule has 3 nitrogen and oxygen atoms in total. The van der Waals surface area contributed by atoms with Crippen LogP contribution in [0.15, 0.2) is 24.3 Å². The fourth-order valence-corrected chi connectivity index (χ4v) is 2.09. The van der Waals surface area contributed by atoms with Crippen molar-refractivity contribution in [3.05, 3.63) is 29.8 Å². The maximum absolute atomic E-state index is 11.2. The molecule has 16 heavy (non-hydrogen) atoms. The largest absolute Gasteiger partial charge is 0.384 e. The Morgan fingerprint density at radius 3 is 2.38 bits per heavy atom. The van der Waals surface area contributed by atoms with E-state index in [2.05, 4.69) is 5.32 Å². The van der Waals surface area contributed by atoms with Gasteiger partial charge in [-0.1, -0.05) is 19.1 Å². The number of rotatable bonds is 6. The highest BCUT2D eigenvalue weighted by Crippen LogP contribution is 2.10. The minimum absolute atomic E-state index is 0.167. The van der Waals surface area contributed by atoms with E-state index in [1.54, 1.807) is 6.92 Å². The average molecular weight is 262 g/mol. The van der Waals surface area contributed by atoms with Crippen LogP contribution in [0, 0.1) is 0 Å². The molecule has 0 spiro atoms. The summed E-state index contributed by atoms with van der Waals surface area (Å²) in [5.41, 5.74) is 1.97. The van der Waals surface area contributed by atoms with Gasteiger partial charge in [0.2, 0.25) is 0 Å². The molecule has 0 aliphatic rings. The van der Waals surface area contributed by atoms with Gasteiger partial charge in [0.25, 0.3) is 0 Å². The van der Waals surface area contributed by atoms with Crippen LogP contribution in [-0.4, -0.2) is 26.5 Å². The first kappa shape index (κ1) is 13.3. The van der Waals surface area contributed by atoms with E-state index in [0.717, 1.165) is 11.3 Å². The van der Waals surface area contributed by atoms with E-state index in [-0.39, 0.29) is 11.5 Å². The van der Waals surface area contributed by atoms with Crippen LogP contribution in [0.25, 0.3) is 0 Å². The summed E-state index contributed by atoms with van der Waals surface area (Å²) in [5.74, 6) is 0.852. The highest BCUT2D eigenvalue weighted by atomic mass is 35.5. The Hall–Kier alpha value is -0.740. The minimum atomic E-state index is -2.89. The lowest BCUT2D eigenvalue weighted by atomic mass is 10.2. The predicted octanol–water partition coefficient (Wildman–Crippen LogP) is 2.27. The normalized spacial score (nSPS) is 11.4. The molecule has 1 aromatic rings. The van der Waals surface area contributed by atoms with Crippen LogP contribution in [0.5, 0.6) is 0 Å². The summed E-state index contributed by atoms with van der Waals surface area (Å²) in [6, 6.07) is 7.64. The smallest absolute Gasteiger partial charge is 0.151 e. The van der Waals surface area contributed by atoms with Gasteiger partial charge in [-0.15, -0.1) is 11.6 Å². The van der Waals surface area contributed by atoms with Crippen molar-refractivity contribution >= 4 is 27.1 Å². The third kappa shape index (κ3) is 4.41. The molecule has 0 atom stereocenters. The highest BCUT2D eigenvalue weighted by Gasteiger charge is 2.05. The fourth-order valence-electron chi connectivity index (χ4n) is 1.21. The number of anilines is 1. The molecule has 0 amide bonds. The summed E-state index contributed by atoms with van der Waals surface area (Å²) in [5, 5.41) is 3.06. The van der Waals surface area contributed by atoms with E-state index >= 15 is 0 Å². The molecule has 0 aliphatic carbocycles. The summed E-state index contributed by atoms with van der Waals surface area (Å²) in [6.07, 6.45) is 0. The van der Waals surface area contributed by atoms with Gasteiger partial charge in [0.15, 0.2) is 9.84 Å². The van der Waals surface area contributed by atoms with Gasteiger partial charge in [-0.25, -0.2) is 8.42 Å². The lowest BCUT2D eigenvalue weighted by molar-refractivity contribution is 0.597. The topological polar surface area (TPSA) is 46.2 Å². The first-order valence-corrected chi connectivity index (χ1v) is 7.52. The SMILES string of the molecule is CCS(=O)(=O)CCNc1ccc(CCl)cc1. The summed E-state index contributed by atoms with van der Waals surface area (Å²) < 4.78 is 22.5. The van der Waals surface area contributed by atoms with E-state index in [0.29, 0.717) is 12.4 Å². The van der Waals surface area contributed by atoms with Crippen molar-refractivity contribution in [3.63, 3.8) is 0 Å². The van der Waals surface area contributed by atoms with Crippen molar-refractivity contribution in [2.24, 2.45) is 0 Å². The van der Waals surface area contributed by atoms with Crippen molar-refractivity contribution in [1.82, 2.24) is 0 Å². The second-order valence-corrected chi connectivity index (χ2v) is 6.23. The Balaban J connectivity index is 2.43. The van der Waals surface area contributed by atoms with Crippen LogP contribution in [-0.2, 0) is 15.7 Å². The maximum Gasteiger partial charge on any atom is 0.151 e. The monoisotopic (exact) mass is 261 g/mol. The lowest BCUT2D eigenvalue weighted by Gasteiger charge is -2.06. The Morgan fingerprint density at radius 1 is 1.25 bits per heavy atom. The van der Waals surface area contributed by atoms with Gasteiger partial charge in [0, 0.05) is 23.9 Å². The second-order valence-electron chi connectivity index (χ2n) is 3.49. The van der Waals surface area contributed by atoms with E-state index in [9.17, 15) is 8.42 Å². The summed E-state index contributed by atoms with van der Waals surface area (Å²) in [6.45, 7) is 2.10. The Morgan fingerprint density at radius 2 is 1.88 bits per heavy atom. The number of alkyl halides is 1. The zero-order valence-corrected chi connectivity index (χ0v) is 10.8. The fraction of sp³-hybridized carbons (Fsp3) is 0.455. The molecule has 0 saturated carbocycles. The molecule has 0 radical (unpaired) electrons. The van der Waals surface area contributed by atoms with Crippen molar-refractivity contribution in [2.45, 2.75) is 12.8 Å². The highest BCUT2D eigenvalue weighted by molar-refractivity contribution is 7.91. The molecule has 90 valence electrons. The Labute approximate surface area is 102 Å². The van der Waals surface area contributed by atoms with Crippen molar-refractivity contribution < 1.29 is 8.42 Å². The standard InChI is InChI=1S/C11H16ClNO2S/c1-2-16(14,15)8-7-13-11-5-3-10(9-12)4-6-11/h3-6,13H,2,7-9H2,1H3. The molecule has 1 aromatic carbocycles. The van der Waals surface area contributed by atoms with E-state index in [1.165, 1.54) is 0 Å². The van der Waals surface area contributed by atoms with Gasteiger partial charge in [-0.3, -0.25) is 0 Å². The minimum Gasteiger partial charge on any atom is -0.384 e. The third-order valence-electron chi connectivity index (χ3n) is 2.29. The van der Waals surface area contributed by atoms with Gasteiger partial charge in [0.1, 0.15) is 0 Å². The van der Waals surface area contributed by atoms with Crippen molar-refractivity contribution in [3.8, 4) is 0 Å². The van der Waals surface area contributed by atoms with E-state index < -0.39 is 9.84 Å². The molecule has 0 aromatic heterocycles. The van der Waals surface area contributed by atoms with Crippen LogP contribution >= 0.6 is 11.6 Å². The van der Waals surface area contributed by atoms with E-state index in [1.807, 2.05) is 24.3 Å². The number of hydrogen-bond donors (Lipinski definition) is 1. The second kappa shape index (κ2) is 6.11. The molecular weight excluding hydrogens is 246 g/mol. The predicted molar refractivity (Wildman–Crippen MR) is 68.8 cm³/mol. The number of halogens is 1. The zero-order chi connectivity index (χ0) is 12.0. The Kier molecular flexibility index (Phi) is 5.09. The van der Waals surface area contributed by atoms with Gasteiger partial charge in [-0.05, 0) is 17.7 Å². The van der Waals surface area contributed by atoms with Crippen molar-refractivity contribution in [2.75, 3.05) is 23.4 Å². The van der Waals surface area contributed by atoms with Crippen molar-refractivity contribution in [1.29, 1.82) is 0 Å². The van der Waals surface area contributed by atoms with Gasteiger partial charge < -0.3 is 5.32 Å². The number of nitrogens with one attached hydrogen (secondary N) is 1. The van der Waals surface area contributed by atoms with Gasteiger partial charge >= 0.3 is 0 Å². The third-order valence-corrected chi connectivity index (χ3v) is 4.30. The first-order valence-electron chi connectivity index (χ1n) is 5.16. The molecule has 0 heterocycles. The maximum atomic E-state index is 11.2. The van der Waals surface area contributed by atoms with Gasteiger partial charge in [0.05, 0.1) is 5.75 Å². The number of benzene rings is 1. The molecule has 0 aliphatic heterocycles. The number of sulfone groups is 1. The van der Waals surface area contributed by atoms with Crippen LogP contribution < -0.4 is 5.32 Å². The molecule has 1 rings (SSSR count). The molecule has 0 unspecified atom stereocenters. The van der Waals surface area contributed by atoms with Crippen LogP contribution in [0.2, 0.25) is 0 Å².